The molecule has 1 aromatic heterocycles. The van der Waals surface area contributed by atoms with Crippen LogP contribution in [0.15, 0.2) is 12.4 Å². The number of hydrogen-bond acceptors (Lipinski definition) is 3. The first kappa shape index (κ1) is 10.8. The lowest BCUT2D eigenvalue weighted by molar-refractivity contribution is -0.143. The van der Waals surface area contributed by atoms with Crippen LogP contribution in [-0.4, -0.2) is 22.4 Å². The number of carbonyl (C=O) groups is 1. The molecule has 0 spiro atoms. The third kappa shape index (κ3) is 2.87. The molecule has 1 atom stereocenters. The van der Waals surface area contributed by atoms with E-state index in [2.05, 4.69) is 5.10 Å². The lowest BCUT2D eigenvalue weighted by Crippen LogP contribution is -2.07. The predicted molar refractivity (Wildman–Crippen MR) is 52.9 cm³/mol. The SMILES string of the molecule is CCOC(=O)C[C@@H](C)c1cnn(C)c1. The fraction of sp³-hybridized carbons (Fsp3) is 0.600. The molecule has 1 rings (SSSR count). The van der Waals surface area contributed by atoms with Gasteiger partial charge >= 0.3 is 5.97 Å². The quantitative estimate of drug-likeness (QED) is 0.685. The topological polar surface area (TPSA) is 44.1 Å². The normalized spacial score (nSPS) is 12.5. The summed E-state index contributed by atoms with van der Waals surface area (Å²) in [6.07, 6.45) is 4.12. The van der Waals surface area contributed by atoms with Crippen LogP contribution in [0.3, 0.4) is 0 Å². The molecule has 0 aliphatic rings. The van der Waals surface area contributed by atoms with Crippen LogP contribution in [0.2, 0.25) is 0 Å². The molecule has 0 aliphatic carbocycles. The van der Waals surface area contributed by atoms with Crippen molar-refractivity contribution in [2.45, 2.75) is 26.2 Å². The van der Waals surface area contributed by atoms with Crippen molar-refractivity contribution < 1.29 is 9.53 Å². The minimum absolute atomic E-state index is 0.149. The molecular weight excluding hydrogens is 180 g/mol. The molecule has 4 nitrogen and oxygen atoms in total. The first-order chi connectivity index (χ1) is 6.63. The zero-order valence-corrected chi connectivity index (χ0v) is 8.86. The van der Waals surface area contributed by atoms with Gasteiger partial charge in [0.25, 0.3) is 0 Å². The molecule has 4 heteroatoms. The molecule has 0 saturated carbocycles. The predicted octanol–water partition coefficient (Wildman–Crippen LogP) is 1.48. The molecular formula is C10H16N2O2. The van der Waals surface area contributed by atoms with Crippen molar-refractivity contribution in [3.8, 4) is 0 Å². The van der Waals surface area contributed by atoms with Crippen LogP contribution in [0, 0.1) is 0 Å². The summed E-state index contributed by atoms with van der Waals surface area (Å²) in [4.78, 5) is 11.2. The van der Waals surface area contributed by atoms with Crippen molar-refractivity contribution in [3.05, 3.63) is 18.0 Å². The molecule has 78 valence electrons. The van der Waals surface area contributed by atoms with Crippen LogP contribution >= 0.6 is 0 Å². The number of carbonyl (C=O) groups excluding carboxylic acids is 1. The molecule has 0 aliphatic heterocycles. The molecule has 0 N–H and O–H groups in total. The van der Waals surface area contributed by atoms with Gasteiger partial charge in [-0.25, -0.2) is 0 Å². The van der Waals surface area contributed by atoms with E-state index >= 15 is 0 Å². The third-order valence-corrected chi connectivity index (χ3v) is 2.07. The minimum atomic E-state index is -0.149. The summed E-state index contributed by atoms with van der Waals surface area (Å²) in [5, 5.41) is 4.06. The van der Waals surface area contributed by atoms with Gasteiger partial charge in [-0.15, -0.1) is 0 Å². The molecule has 0 unspecified atom stereocenters. The molecule has 0 fully saturated rings. The number of nitrogens with zero attached hydrogens (tertiary/aromatic N) is 2. The van der Waals surface area contributed by atoms with Gasteiger partial charge in [0.2, 0.25) is 0 Å². The Hall–Kier alpha value is -1.32. The van der Waals surface area contributed by atoms with E-state index in [-0.39, 0.29) is 11.9 Å². The lowest BCUT2D eigenvalue weighted by Gasteiger charge is -2.07. The number of aryl methyl sites for hydroxylation is 1. The average molecular weight is 196 g/mol. The van der Waals surface area contributed by atoms with Crippen LogP contribution in [-0.2, 0) is 16.6 Å². The van der Waals surface area contributed by atoms with E-state index < -0.39 is 0 Å². The van der Waals surface area contributed by atoms with E-state index in [1.54, 1.807) is 10.9 Å². The highest BCUT2D eigenvalue weighted by Gasteiger charge is 2.12. The van der Waals surface area contributed by atoms with E-state index in [0.29, 0.717) is 13.0 Å². The molecule has 0 amide bonds. The summed E-state index contributed by atoms with van der Waals surface area (Å²) in [5.74, 6) is 0.0200. The maximum atomic E-state index is 11.2. The summed E-state index contributed by atoms with van der Waals surface area (Å²) >= 11 is 0. The Morgan fingerprint density at radius 1 is 1.71 bits per heavy atom. The summed E-state index contributed by atoms with van der Waals surface area (Å²) in [5.41, 5.74) is 1.07. The Morgan fingerprint density at radius 2 is 2.43 bits per heavy atom. The monoisotopic (exact) mass is 196 g/mol. The maximum Gasteiger partial charge on any atom is 0.306 e. The van der Waals surface area contributed by atoms with Crippen molar-refractivity contribution in [1.82, 2.24) is 9.78 Å². The molecule has 0 aromatic carbocycles. The Labute approximate surface area is 83.9 Å². The fourth-order valence-electron chi connectivity index (χ4n) is 1.28. The number of aromatic nitrogens is 2. The second-order valence-corrected chi connectivity index (χ2v) is 3.36. The maximum absolute atomic E-state index is 11.2. The average Bonchev–Trinajstić information content (AvgIpc) is 2.52. The molecule has 14 heavy (non-hydrogen) atoms. The van der Waals surface area contributed by atoms with Crippen LogP contribution in [0.25, 0.3) is 0 Å². The highest BCUT2D eigenvalue weighted by molar-refractivity contribution is 5.70. The van der Waals surface area contributed by atoms with E-state index in [1.807, 2.05) is 27.1 Å². The molecule has 1 heterocycles. The van der Waals surface area contributed by atoms with Gasteiger partial charge in [0, 0.05) is 13.2 Å². The zero-order chi connectivity index (χ0) is 10.6. The second kappa shape index (κ2) is 4.79. The van der Waals surface area contributed by atoms with Crippen LogP contribution in [0.4, 0.5) is 0 Å². The van der Waals surface area contributed by atoms with Gasteiger partial charge in [0.1, 0.15) is 0 Å². The van der Waals surface area contributed by atoms with Gasteiger partial charge in [-0.2, -0.15) is 5.10 Å². The van der Waals surface area contributed by atoms with Crippen molar-refractivity contribution in [3.63, 3.8) is 0 Å². The molecule has 0 radical (unpaired) electrons. The third-order valence-electron chi connectivity index (χ3n) is 2.07. The van der Waals surface area contributed by atoms with Gasteiger partial charge in [0.15, 0.2) is 0 Å². The van der Waals surface area contributed by atoms with E-state index in [4.69, 9.17) is 4.74 Å². The van der Waals surface area contributed by atoms with Crippen molar-refractivity contribution in [2.75, 3.05) is 6.61 Å². The summed E-state index contributed by atoms with van der Waals surface area (Å²) in [6.45, 7) is 4.25. The second-order valence-electron chi connectivity index (χ2n) is 3.36. The Bertz CT molecular complexity index is 307. The molecule has 1 aromatic rings. The smallest absolute Gasteiger partial charge is 0.306 e. The van der Waals surface area contributed by atoms with Crippen molar-refractivity contribution in [1.29, 1.82) is 0 Å². The van der Waals surface area contributed by atoms with E-state index in [0.717, 1.165) is 5.56 Å². The highest BCUT2D eigenvalue weighted by Crippen LogP contribution is 2.18. The number of esters is 1. The summed E-state index contributed by atoms with van der Waals surface area (Å²) < 4.78 is 6.61. The van der Waals surface area contributed by atoms with Crippen molar-refractivity contribution in [2.24, 2.45) is 7.05 Å². The highest BCUT2D eigenvalue weighted by atomic mass is 16.5. The van der Waals surface area contributed by atoms with E-state index in [9.17, 15) is 4.79 Å². The fourth-order valence-corrected chi connectivity index (χ4v) is 1.28. The van der Waals surface area contributed by atoms with Gasteiger partial charge in [0.05, 0.1) is 19.2 Å². The first-order valence-corrected chi connectivity index (χ1v) is 4.77. The Balaban J connectivity index is 2.50. The Morgan fingerprint density at radius 3 is 2.93 bits per heavy atom. The largest absolute Gasteiger partial charge is 0.466 e. The van der Waals surface area contributed by atoms with Gasteiger partial charge in [-0.3, -0.25) is 9.48 Å². The van der Waals surface area contributed by atoms with Crippen LogP contribution in [0.5, 0.6) is 0 Å². The van der Waals surface area contributed by atoms with Crippen LogP contribution < -0.4 is 0 Å². The van der Waals surface area contributed by atoms with Gasteiger partial charge in [-0.05, 0) is 18.4 Å². The molecule has 0 bridgehead atoms. The van der Waals surface area contributed by atoms with Crippen LogP contribution in [0.1, 0.15) is 31.7 Å². The van der Waals surface area contributed by atoms with Crippen molar-refractivity contribution >= 4 is 5.97 Å². The van der Waals surface area contributed by atoms with E-state index in [1.165, 1.54) is 0 Å². The summed E-state index contributed by atoms with van der Waals surface area (Å²) in [7, 11) is 1.86. The number of hydrogen-bond donors (Lipinski definition) is 0. The molecule has 0 saturated heterocycles. The van der Waals surface area contributed by atoms with Gasteiger partial charge in [-0.1, -0.05) is 6.92 Å². The summed E-state index contributed by atoms with van der Waals surface area (Å²) in [6, 6.07) is 0. The van der Waals surface area contributed by atoms with Gasteiger partial charge < -0.3 is 4.74 Å². The first-order valence-electron chi connectivity index (χ1n) is 4.77. The number of ether oxygens (including phenoxy) is 1. The zero-order valence-electron chi connectivity index (χ0n) is 8.86. The standard InChI is InChI=1S/C10H16N2O2/c1-4-14-10(13)5-8(2)9-6-11-12(3)7-9/h6-8H,4-5H2,1-3H3/t8-/m1/s1. The number of rotatable bonds is 4. The lowest BCUT2D eigenvalue weighted by atomic mass is 10.0. The Kier molecular flexibility index (Phi) is 3.68. The minimum Gasteiger partial charge on any atom is -0.466 e.